The Morgan fingerprint density at radius 2 is 1.92 bits per heavy atom. The first-order valence-corrected chi connectivity index (χ1v) is 9.92. The van der Waals surface area contributed by atoms with E-state index in [1.165, 1.54) is 4.57 Å². The molecule has 4 rings (SSSR count). The molecule has 2 aromatic carbocycles. The summed E-state index contributed by atoms with van der Waals surface area (Å²) >= 11 is 1.06. The second kappa shape index (κ2) is 5.54. The molecule has 0 radical (unpaired) electrons. The quantitative estimate of drug-likeness (QED) is 0.777. The van der Waals surface area contributed by atoms with E-state index in [2.05, 4.69) is 4.72 Å². The minimum absolute atomic E-state index is 0.0670. The lowest BCUT2D eigenvalue weighted by Gasteiger charge is -2.07. The minimum Gasteiger partial charge on any atom is -0.302 e. The van der Waals surface area contributed by atoms with Gasteiger partial charge in [0, 0.05) is 19.0 Å². The van der Waals surface area contributed by atoms with Crippen LogP contribution in [0, 0.1) is 0 Å². The Morgan fingerprint density at radius 1 is 1.17 bits per heavy atom. The monoisotopic (exact) mass is 360 g/mol. The van der Waals surface area contributed by atoms with E-state index in [4.69, 9.17) is 0 Å². The van der Waals surface area contributed by atoms with Crippen LogP contribution in [-0.4, -0.2) is 19.0 Å². The van der Waals surface area contributed by atoms with Gasteiger partial charge in [-0.1, -0.05) is 41.7 Å². The summed E-state index contributed by atoms with van der Waals surface area (Å²) in [5.41, 5.74) is 1.90. The Bertz CT molecular complexity index is 1070. The van der Waals surface area contributed by atoms with Crippen molar-refractivity contribution in [2.24, 2.45) is 7.05 Å². The van der Waals surface area contributed by atoms with Gasteiger partial charge in [0.2, 0.25) is 10.0 Å². The van der Waals surface area contributed by atoms with E-state index < -0.39 is 10.0 Å². The first-order chi connectivity index (χ1) is 11.5. The topological polar surface area (TPSA) is 68.2 Å². The molecule has 1 N–H and O–H groups in total. The molecule has 1 fully saturated rings. The average Bonchev–Trinajstić information content (AvgIpc) is 3.26. The van der Waals surface area contributed by atoms with E-state index >= 15 is 0 Å². The van der Waals surface area contributed by atoms with Gasteiger partial charge in [0.25, 0.3) is 0 Å². The maximum Gasteiger partial charge on any atom is 0.307 e. The number of nitrogens with one attached hydrogen (secondary N) is 1. The van der Waals surface area contributed by atoms with E-state index in [0.29, 0.717) is 4.70 Å². The molecule has 2 atom stereocenters. The van der Waals surface area contributed by atoms with E-state index in [9.17, 15) is 13.2 Å². The van der Waals surface area contributed by atoms with Crippen molar-refractivity contribution in [3.63, 3.8) is 0 Å². The normalized spacial score (nSPS) is 20.4. The molecule has 1 aliphatic carbocycles. The highest BCUT2D eigenvalue weighted by atomic mass is 32.2. The third-order valence-electron chi connectivity index (χ3n) is 4.40. The highest BCUT2D eigenvalue weighted by molar-refractivity contribution is 7.89. The van der Waals surface area contributed by atoms with Crippen LogP contribution in [0.1, 0.15) is 17.9 Å². The van der Waals surface area contributed by atoms with Crippen molar-refractivity contribution < 1.29 is 8.42 Å². The Balaban J connectivity index is 1.59. The number of nitrogens with zero attached hydrogens (tertiary/aromatic N) is 1. The Kier molecular flexibility index (Phi) is 3.59. The maximum atomic E-state index is 12.6. The highest BCUT2D eigenvalue weighted by Gasteiger charge is 2.41. The molecule has 0 spiro atoms. The van der Waals surface area contributed by atoms with Crippen molar-refractivity contribution in [2.75, 3.05) is 0 Å². The van der Waals surface area contributed by atoms with Crippen LogP contribution in [-0.2, 0) is 17.1 Å². The number of rotatable bonds is 4. The lowest BCUT2D eigenvalue weighted by Crippen LogP contribution is -2.26. The van der Waals surface area contributed by atoms with Crippen LogP contribution in [0.15, 0.2) is 58.2 Å². The number of thiazole rings is 1. The summed E-state index contributed by atoms with van der Waals surface area (Å²) in [7, 11) is -1.90. The number of sulfonamides is 1. The lowest BCUT2D eigenvalue weighted by molar-refractivity contribution is 0.580. The molecule has 24 heavy (non-hydrogen) atoms. The van der Waals surface area contributed by atoms with Gasteiger partial charge in [-0.15, -0.1) is 0 Å². The molecule has 1 saturated carbocycles. The largest absolute Gasteiger partial charge is 0.307 e. The van der Waals surface area contributed by atoms with Crippen LogP contribution in [0.5, 0.6) is 0 Å². The molecule has 0 unspecified atom stereocenters. The molecular weight excluding hydrogens is 344 g/mol. The first kappa shape index (κ1) is 15.6. The van der Waals surface area contributed by atoms with E-state index in [-0.39, 0.29) is 21.7 Å². The Morgan fingerprint density at radius 3 is 2.67 bits per heavy atom. The maximum absolute atomic E-state index is 12.6. The standard InChI is InChI=1S/C17H16N2O3S2/c1-19-15-8-7-12(9-16(15)23-17(19)20)24(21,22)18-14-10-13(14)11-5-3-2-4-6-11/h2-9,13-14,18H,10H2,1H3/t13-,14-/m0/s1. The second-order valence-electron chi connectivity index (χ2n) is 6.04. The van der Waals surface area contributed by atoms with Gasteiger partial charge >= 0.3 is 4.87 Å². The van der Waals surface area contributed by atoms with Gasteiger partial charge in [-0.2, -0.15) is 0 Å². The molecule has 7 heteroatoms. The Hall–Kier alpha value is -1.96. The fourth-order valence-electron chi connectivity index (χ4n) is 2.94. The zero-order chi connectivity index (χ0) is 16.9. The van der Waals surface area contributed by atoms with Crippen LogP contribution in [0.25, 0.3) is 10.2 Å². The van der Waals surface area contributed by atoms with Gasteiger partial charge in [-0.3, -0.25) is 4.79 Å². The summed E-state index contributed by atoms with van der Waals surface area (Å²) in [4.78, 5) is 11.8. The highest BCUT2D eigenvalue weighted by Crippen LogP contribution is 2.41. The van der Waals surface area contributed by atoms with Gasteiger partial charge in [-0.25, -0.2) is 13.1 Å². The third kappa shape index (κ3) is 2.68. The Labute approximate surface area is 143 Å². The number of aryl methyl sites for hydroxylation is 1. The van der Waals surface area contributed by atoms with E-state index in [1.54, 1.807) is 25.2 Å². The smallest absolute Gasteiger partial charge is 0.302 e. The molecular formula is C17H16N2O3S2. The van der Waals surface area contributed by atoms with Crippen molar-refractivity contribution in [1.29, 1.82) is 0 Å². The lowest BCUT2D eigenvalue weighted by atomic mass is 10.1. The van der Waals surface area contributed by atoms with Crippen LogP contribution in [0.3, 0.4) is 0 Å². The van der Waals surface area contributed by atoms with Crippen LogP contribution in [0.2, 0.25) is 0 Å². The summed E-state index contributed by atoms with van der Waals surface area (Å²) in [5.74, 6) is 0.234. The first-order valence-electron chi connectivity index (χ1n) is 7.62. The molecule has 0 bridgehead atoms. The molecule has 1 aromatic heterocycles. The van der Waals surface area contributed by atoms with Crippen LogP contribution >= 0.6 is 11.3 Å². The predicted octanol–water partition coefficient (Wildman–Crippen LogP) is 2.43. The number of aromatic nitrogens is 1. The number of hydrogen-bond acceptors (Lipinski definition) is 4. The summed E-state index contributed by atoms with van der Waals surface area (Å²) < 4.78 is 30.2. The minimum atomic E-state index is -3.59. The SMILES string of the molecule is Cn1c(=O)sc2cc(S(=O)(=O)N[C@H]3C[C@H]3c3ccccc3)ccc21. The summed E-state index contributed by atoms with van der Waals surface area (Å²) in [6, 6.07) is 14.7. The van der Waals surface area contributed by atoms with E-state index in [0.717, 1.165) is 28.8 Å². The fraction of sp³-hybridized carbons (Fsp3) is 0.235. The van der Waals surface area contributed by atoms with Crippen molar-refractivity contribution in [3.8, 4) is 0 Å². The van der Waals surface area contributed by atoms with Gasteiger partial charge in [0.15, 0.2) is 0 Å². The van der Waals surface area contributed by atoms with Crippen molar-refractivity contribution in [1.82, 2.24) is 9.29 Å². The van der Waals surface area contributed by atoms with Gasteiger partial charge in [0.05, 0.1) is 15.1 Å². The third-order valence-corrected chi connectivity index (χ3v) is 6.88. The number of hydrogen-bond donors (Lipinski definition) is 1. The zero-order valence-corrected chi connectivity index (χ0v) is 14.6. The number of fused-ring (bicyclic) bond motifs is 1. The average molecular weight is 360 g/mol. The van der Waals surface area contributed by atoms with Crippen LogP contribution < -0.4 is 9.60 Å². The van der Waals surface area contributed by atoms with Gasteiger partial charge in [-0.05, 0) is 30.2 Å². The predicted molar refractivity (Wildman–Crippen MR) is 95.0 cm³/mol. The fourth-order valence-corrected chi connectivity index (χ4v) is 5.25. The summed E-state index contributed by atoms with van der Waals surface area (Å²) in [6.07, 6.45) is 0.810. The molecule has 0 saturated heterocycles. The second-order valence-corrected chi connectivity index (χ2v) is 8.74. The van der Waals surface area contributed by atoms with Crippen molar-refractivity contribution in [3.05, 3.63) is 63.8 Å². The van der Waals surface area contributed by atoms with Crippen molar-refractivity contribution in [2.45, 2.75) is 23.3 Å². The van der Waals surface area contributed by atoms with Crippen molar-refractivity contribution >= 4 is 31.6 Å². The van der Waals surface area contributed by atoms with Crippen LogP contribution in [0.4, 0.5) is 0 Å². The molecule has 3 aromatic rings. The van der Waals surface area contributed by atoms with Gasteiger partial charge in [0.1, 0.15) is 0 Å². The summed E-state index contributed by atoms with van der Waals surface area (Å²) in [6.45, 7) is 0. The van der Waals surface area contributed by atoms with E-state index in [1.807, 2.05) is 30.3 Å². The molecule has 0 amide bonds. The molecule has 1 aliphatic rings. The van der Waals surface area contributed by atoms with Gasteiger partial charge < -0.3 is 4.57 Å². The molecule has 1 heterocycles. The summed E-state index contributed by atoms with van der Waals surface area (Å²) in [5, 5.41) is 0. The zero-order valence-electron chi connectivity index (χ0n) is 13.0. The molecule has 5 nitrogen and oxygen atoms in total. The molecule has 0 aliphatic heterocycles. The number of benzene rings is 2. The molecule has 124 valence electrons.